The molecule has 8 nitrogen and oxygen atoms in total. The highest BCUT2D eigenvalue weighted by Crippen LogP contribution is 2.24. The molecule has 0 aliphatic carbocycles. The van der Waals surface area contributed by atoms with Crippen LogP contribution in [0.5, 0.6) is 0 Å². The number of H-pyrrole nitrogens is 2. The van der Waals surface area contributed by atoms with Gasteiger partial charge in [0.05, 0.1) is 23.5 Å². The van der Waals surface area contributed by atoms with Gasteiger partial charge in [-0.05, 0) is 52.8 Å². The SMILES string of the molecule is O=C(NC(Cc1ccc(-c2ccccc2)cc1)C(=O)Cc1ncc[nH]1)c1ccc2nc(-c3cc4ccccc4cn3)[nH]c2c1. The maximum Gasteiger partial charge on any atom is 0.251 e. The second-order valence-corrected chi connectivity index (χ2v) is 10.7. The van der Waals surface area contributed by atoms with Crippen LogP contribution in [0, 0.1) is 0 Å². The van der Waals surface area contributed by atoms with Crippen LogP contribution in [0.4, 0.5) is 0 Å². The van der Waals surface area contributed by atoms with Crippen LogP contribution in [-0.4, -0.2) is 42.7 Å². The summed E-state index contributed by atoms with van der Waals surface area (Å²) in [5.41, 5.74) is 5.71. The predicted octanol–water partition coefficient (Wildman–Crippen LogP) is 6.32. The summed E-state index contributed by atoms with van der Waals surface area (Å²) in [6, 6.07) is 32.7. The molecular weight excluding hydrogens is 548 g/mol. The van der Waals surface area contributed by atoms with E-state index in [4.69, 9.17) is 4.98 Å². The van der Waals surface area contributed by atoms with Gasteiger partial charge >= 0.3 is 0 Å². The van der Waals surface area contributed by atoms with Gasteiger partial charge in [-0.2, -0.15) is 0 Å². The van der Waals surface area contributed by atoms with Crippen molar-refractivity contribution in [3.05, 3.63) is 139 Å². The Morgan fingerprint density at radius 2 is 1.57 bits per heavy atom. The summed E-state index contributed by atoms with van der Waals surface area (Å²) in [5, 5.41) is 5.10. The Bertz CT molecular complexity index is 2080. The maximum atomic E-state index is 13.5. The minimum atomic E-state index is -0.745. The quantitative estimate of drug-likeness (QED) is 0.186. The van der Waals surface area contributed by atoms with E-state index in [2.05, 4.69) is 37.4 Å². The Hall–Kier alpha value is -5.89. The van der Waals surface area contributed by atoms with Crippen molar-refractivity contribution in [3.63, 3.8) is 0 Å². The first-order valence-electron chi connectivity index (χ1n) is 14.4. The monoisotopic (exact) mass is 576 g/mol. The van der Waals surface area contributed by atoms with E-state index in [1.54, 1.807) is 30.6 Å². The second kappa shape index (κ2) is 11.8. The molecule has 0 radical (unpaired) electrons. The van der Waals surface area contributed by atoms with Crippen molar-refractivity contribution < 1.29 is 9.59 Å². The molecule has 1 unspecified atom stereocenters. The molecule has 1 atom stereocenters. The predicted molar refractivity (Wildman–Crippen MR) is 171 cm³/mol. The van der Waals surface area contributed by atoms with E-state index in [0.29, 0.717) is 34.8 Å². The van der Waals surface area contributed by atoms with Crippen LogP contribution < -0.4 is 5.32 Å². The van der Waals surface area contributed by atoms with Gasteiger partial charge in [0.15, 0.2) is 11.6 Å². The number of rotatable bonds is 9. The van der Waals surface area contributed by atoms with Crippen LogP contribution in [0.1, 0.15) is 21.7 Å². The van der Waals surface area contributed by atoms with Gasteiger partial charge in [0.2, 0.25) is 0 Å². The van der Waals surface area contributed by atoms with Crippen LogP contribution in [0.3, 0.4) is 0 Å². The van der Waals surface area contributed by atoms with Crippen molar-refractivity contribution in [2.45, 2.75) is 18.9 Å². The topological polar surface area (TPSA) is 116 Å². The molecule has 0 fully saturated rings. The van der Waals surface area contributed by atoms with Gasteiger partial charge < -0.3 is 15.3 Å². The molecule has 214 valence electrons. The van der Waals surface area contributed by atoms with Crippen molar-refractivity contribution in [3.8, 4) is 22.6 Å². The van der Waals surface area contributed by atoms with Crippen molar-refractivity contribution in [2.24, 2.45) is 0 Å². The summed E-state index contributed by atoms with van der Waals surface area (Å²) in [4.78, 5) is 46.7. The third-order valence-corrected chi connectivity index (χ3v) is 7.71. The number of amides is 1. The summed E-state index contributed by atoms with van der Waals surface area (Å²) >= 11 is 0. The molecule has 3 heterocycles. The molecule has 0 aliphatic rings. The third kappa shape index (κ3) is 5.73. The zero-order valence-electron chi connectivity index (χ0n) is 23.7. The Balaban J connectivity index is 1.12. The van der Waals surface area contributed by atoms with Crippen molar-refractivity contribution in [2.75, 3.05) is 0 Å². The smallest absolute Gasteiger partial charge is 0.251 e. The number of benzene rings is 4. The lowest BCUT2D eigenvalue weighted by molar-refractivity contribution is -0.120. The van der Waals surface area contributed by atoms with Gasteiger partial charge in [-0.1, -0.05) is 78.9 Å². The lowest BCUT2D eigenvalue weighted by Gasteiger charge is -2.18. The van der Waals surface area contributed by atoms with Gasteiger partial charge in [0.1, 0.15) is 11.5 Å². The Morgan fingerprint density at radius 1 is 0.795 bits per heavy atom. The van der Waals surface area contributed by atoms with Crippen LogP contribution >= 0.6 is 0 Å². The molecule has 7 aromatic rings. The molecule has 1 amide bonds. The first-order chi connectivity index (χ1) is 21.6. The van der Waals surface area contributed by atoms with E-state index >= 15 is 0 Å². The highest BCUT2D eigenvalue weighted by Gasteiger charge is 2.23. The number of aromatic nitrogens is 5. The number of nitrogens with zero attached hydrogens (tertiary/aromatic N) is 3. The molecule has 8 heteroatoms. The summed E-state index contributed by atoms with van der Waals surface area (Å²) in [6.07, 6.45) is 5.55. The molecule has 3 aromatic heterocycles. The molecule has 0 bridgehead atoms. The van der Waals surface area contributed by atoms with Crippen molar-refractivity contribution in [1.29, 1.82) is 0 Å². The van der Waals surface area contributed by atoms with Gasteiger partial charge in [-0.3, -0.25) is 14.6 Å². The average molecular weight is 577 g/mol. The zero-order chi connectivity index (χ0) is 29.9. The minimum absolute atomic E-state index is 0.0851. The van der Waals surface area contributed by atoms with E-state index < -0.39 is 6.04 Å². The minimum Gasteiger partial charge on any atom is -0.348 e. The fourth-order valence-electron chi connectivity index (χ4n) is 5.35. The van der Waals surface area contributed by atoms with Crippen LogP contribution in [-0.2, 0) is 17.6 Å². The fourth-order valence-corrected chi connectivity index (χ4v) is 5.35. The van der Waals surface area contributed by atoms with E-state index in [0.717, 1.165) is 33.0 Å². The third-order valence-electron chi connectivity index (χ3n) is 7.71. The molecule has 0 aliphatic heterocycles. The van der Waals surface area contributed by atoms with Gasteiger partial charge in [0.25, 0.3) is 5.91 Å². The van der Waals surface area contributed by atoms with E-state index in [1.165, 1.54) is 0 Å². The normalized spacial score (nSPS) is 11.9. The molecule has 44 heavy (non-hydrogen) atoms. The van der Waals surface area contributed by atoms with E-state index in [1.807, 2.05) is 79.0 Å². The average Bonchev–Trinajstić information content (AvgIpc) is 3.74. The zero-order valence-corrected chi connectivity index (χ0v) is 23.7. The van der Waals surface area contributed by atoms with Crippen LogP contribution in [0.25, 0.3) is 44.5 Å². The van der Waals surface area contributed by atoms with Crippen molar-refractivity contribution in [1.82, 2.24) is 30.2 Å². The van der Waals surface area contributed by atoms with Gasteiger partial charge in [-0.15, -0.1) is 0 Å². The standard InChI is InChI=1S/C36H28N6O2/c43-33(21-34-37-16-17-38-34)31(18-23-10-12-25(13-11-23)24-6-2-1-3-7-24)42-36(44)27-14-15-29-30(20-27)41-35(40-29)32-19-26-8-4-5-9-28(26)22-39-32/h1-17,19-20,22,31H,18,21H2,(H,37,38)(H,40,41)(H,42,44). The number of carbonyl (C=O) groups excluding carboxylic acids is 2. The summed E-state index contributed by atoms with van der Waals surface area (Å²) in [6.45, 7) is 0. The first-order valence-corrected chi connectivity index (χ1v) is 14.4. The molecule has 3 N–H and O–H groups in total. The van der Waals surface area contributed by atoms with E-state index in [-0.39, 0.29) is 18.1 Å². The van der Waals surface area contributed by atoms with E-state index in [9.17, 15) is 9.59 Å². The lowest BCUT2D eigenvalue weighted by atomic mass is 9.97. The van der Waals surface area contributed by atoms with Gasteiger partial charge in [0, 0.05) is 29.5 Å². The summed E-state index contributed by atoms with van der Waals surface area (Å²) in [5.74, 6) is 0.703. The van der Waals surface area contributed by atoms with Gasteiger partial charge in [-0.25, -0.2) is 9.97 Å². The number of fused-ring (bicyclic) bond motifs is 2. The molecule has 4 aromatic carbocycles. The van der Waals surface area contributed by atoms with Crippen LogP contribution in [0.15, 0.2) is 122 Å². The number of nitrogens with one attached hydrogen (secondary N) is 3. The summed E-state index contributed by atoms with van der Waals surface area (Å²) in [7, 11) is 0. The van der Waals surface area contributed by atoms with Crippen LogP contribution in [0.2, 0.25) is 0 Å². The molecule has 0 saturated heterocycles. The number of ketones is 1. The first kappa shape index (κ1) is 27.0. The number of imidazole rings is 2. The number of hydrogen-bond acceptors (Lipinski definition) is 5. The molecular formula is C36H28N6O2. The number of pyridine rings is 1. The second-order valence-electron chi connectivity index (χ2n) is 10.7. The maximum absolute atomic E-state index is 13.5. The largest absolute Gasteiger partial charge is 0.348 e. The molecule has 0 spiro atoms. The number of Topliss-reactive ketones (excluding diaryl/α,β-unsaturated/α-hetero) is 1. The number of aromatic amines is 2. The fraction of sp³-hybridized carbons (Fsp3) is 0.0833. The highest BCUT2D eigenvalue weighted by atomic mass is 16.2. The molecule has 0 saturated carbocycles. The number of carbonyl (C=O) groups is 2. The Morgan fingerprint density at radius 3 is 2.36 bits per heavy atom. The Labute approximate surface area is 253 Å². The lowest BCUT2D eigenvalue weighted by Crippen LogP contribution is -2.43. The Kier molecular flexibility index (Phi) is 7.22. The summed E-state index contributed by atoms with van der Waals surface area (Å²) < 4.78 is 0. The highest BCUT2D eigenvalue weighted by molar-refractivity contribution is 6.00. The molecule has 7 rings (SSSR count). The van der Waals surface area contributed by atoms with Crippen molar-refractivity contribution >= 4 is 33.5 Å². The number of hydrogen-bond donors (Lipinski definition) is 3.